The van der Waals surface area contributed by atoms with E-state index in [0.717, 1.165) is 116 Å². The lowest BCUT2D eigenvalue weighted by atomic mass is 9.83. The van der Waals surface area contributed by atoms with Crippen LogP contribution in [0.2, 0.25) is 0 Å². The Hall–Kier alpha value is -5.17. The third kappa shape index (κ3) is 3.84. The Kier molecular flexibility index (Phi) is 5.91. The van der Waals surface area contributed by atoms with Gasteiger partial charge in [-0.25, -0.2) is 14.2 Å². The number of carboxylic acids is 2. The van der Waals surface area contributed by atoms with E-state index in [0.29, 0.717) is 5.56 Å². The second-order valence-electron chi connectivity index (χ2n) is 14.0. The molecule has 7 nitrogen and oxygen atoms in total. The van der Waals surface area contributed by atoms with Gasteiger partial charge in [0.1, 0.15) is 24.6 Å². The van der Waals surface area contributed by atoms with Crippen molar-refractivity contribution in [3.8, 4) is 11.5 Å². The van der Waals surface area contributed by atoms with Crippen LogP contribution in [0.5, 0.6) is 11.5 Å². The summed E-state index contributed by atoms with van der Waals surface area (Å²) in [5.74, 6) is -0.792. The molecular formula is C41H35N2O5+. The molecule has 5 aliphatic heterocycles. The molecule has 48 heavy (non-hydrogen) atoms. The molecule has 0 bridgehead atoms. The minimum Gasteiger partial charge on any atom is -0.478 e. The van der Waals surface area contributed by atoms with Gasteiger partial charge in [0.2, 0.25) is 5.36 Å². The normalized spacial score (nSPS) is 17.4. The van der Waals surface area contributed by atoms with Crippen LogP contribution in [0.25, 0.3) is 27.1 Å². The van der Waals surface area contributed by atoms with Gasteiger partial charge in [-0.1, -0.05) is 18.2 Å². The smallest absolute Gasteiger partial charge is 0.336 e. The summed E-state index contributed by atoms with van der Waals surface area (Å²) in [4.78, 5) is 27.3. The maximum absolute atomic E-state index is 12.8. The van der Waals surface area contributed by atoms with E-state index in [2.05, 4.69) is 45.9 Å². The van der Waals surface area contributed by atoms with Crippen LogP contribution in [0.4, 0.5) is 5.69 Å². The van der Waals surface area contributed by atoms with Crippen LogP contribution >= 0.6 is 0 Å². The Morgan fingerprint density at radius 3 is 2.19 bits per heavy atom. The maximum atomic E-state index is 12.8. The van der Waals surface area contributed by atoms with Crippen LogP contribution in [0.15, 0.2) is 54.6 Å². The number of hydrogen-bond acceptors (Lipinski definition) is 4. The molecule has 5 aromatic rings. The highest BCUT2D eigenvalue weighted by Crippen LogP contribution is 2.48. The first-order valence-electron chi connectivity index (χ1n) is 17.4. The lowest BCUT2D eigenvalue weighted by Gasteiger charge is -2.38. The van der Waals surface area contributed by atoms with Crippen molar-refractivity contribution in [1.29, 1.82) is 0 Å². The zero-order chi connectivity index (χ0) is 32.3. The standard InChI is InChI=1S/C41H34N2O5/c44-40(45)24-9-10-27(34(21-24)41(46)47)35-30-13-11-25-28-7-3-17-42-15-1-5-22(36(28)42)19-32(25)38(30)48-39-31(35)14-12-26-29-8-4-18-43-16-2-6-23(37(29)43)20-33(26)39/h9-14,19-21H,1-8,15-18H2,(H-,44,45,46,47)/p+1. The quantitative estimate of drug-likeness (QED) is 0.238. The molecule has 0 saturated heterocycles. The van der Waals surface area contributed by atoms with Crippen LogP contribution in [0.1, 0.15) is 79.8 Å². The number of benzene rings is 5. The number of ether oxygens (including phenoxy) is 1. The summed E-state index contributed by atoms with van der Waals surface area (Å²) in [5, 5.41) is 27.0. The lowest BCUT2D eigenvalue weighted by molar-refractivity contribution is 0.0695. The third-order valence-corrected chi connectivity index (χ3v) is 11.5. The lowest BCUT2D eigenvalue weighted by Crippen LogP contribution is -2.43. The molecule has 0 aromatic heterocycles. The molecular weight excluding hydrogens is 600 g/mol. The fraction of sp³-hybridized carbons (Fsp3) is 0.293. The second-order valence-corrected chi connectivity index (χ2v) is 14.0. The van der Waals surface area contributed by atoms with Crippen molar-refractivity contribution in [2.24, 2.45) is 0 Å². The number of aryl methyl sites for hydroxylation is 4. The zero-order valence-electron chi connectivity index (χ0n) is 26.7. The minimum absolute atomic E-state index is 0.0313. The first-order chi connectivity index (χ1) is 23.5. The molecule has 5 aliphatic rings. The van der Waals surface area contributed by atoms with E-state index in [-0.39, 0.29) is 11.1 Å². The summed E-state index contributed by atoms with van der Waals surface area (Å²) in [6.45, 7) is 4.38. The Morgan fingerprint density at radius 1 is 0.667 bits per heavy atom. The van der Waals surface area contributed by atoms with Crippen LogP contribution in [0.3, 0.4) is 0 Å². The summed E-state index contributed by atoms with van der Waals surface area (Å²) in [7, 11) is 0. The number of fused-ring (bicyclic) bond motifs is 8. The molecule has 0 radical (unpaired) electrons. The average Bonchev–Trinajstić information content (AvgIpc) is 3.11. The Balaban J connectivity index is 1.34. The SMILES string of the molecule is O=C(O)c1ccc(C2=c3ccc4c5c6c(cc4c3Oc3c2ccc2c4c7c(cc32)CCCN7CCC4)CCC[N+]=6CCC5)c(C(=O)O)c1. The van der Waals surface area contributed by atoms with Gasteiger partial charge in [-0.15, -0.1) is 0 Å². The molecule has 0 saturated carbocycles. The monoisotopic (exact) mass is 635 g/mol. The number of hydrogen-bond donors (Lipinski definition) is 2. The van der Waals surface area contributed by atoms with E-state index in [1.54, 1.807) is 6.07 Å². The van der Waals surface area contributed by atoms with Crippen LogP contribution < -0.4 is 24.8 Å². The molecule has 0 spiro atoms. The molecule has 0 amide bonds. The van der Waals surface area contributed by atoms with E-state index in [1.165, 1.54) is 56.2 Å². The van der Waals surface area contributed by atoms with Crippen molar-refractivity contribution >= 4 is 44.7 Å². The number of aromatic carboxylic acids is 2. The summed E-state index contributed by atoms with van der Waals surface area (Å²) >= 11 is 0. The Bertz CT molecular complexity index is 2450. The van der Waals surface area contributed by atoms with E-state index in [9.17, 15) is 19.8 Å². The van der Waals surface area contributed by atoms with Gasteiger partial charge in [-0.3, -0.25) is 0 Å². The number of carboxylic acid groups (broad SMARTS) is 2. The molecule has 0 unspecified atom stereocenters. The molecule has 238 valence electrons. The van der Waals surface area contributed by atoms with Crippen molar-refractivity contribution in [1.82, 2.24) is 4.58 Å². The highest BCUT2D eigenvalue weighted by Gasteiger charge is 2.33. The first kappa shape index (κ1) is 27.9. The van der Waals surface area contributed by atoms with Gasteiger partial charge in [0.15, 0.2) is 0 Å². The highest BCUT2D eigenvalue weighted by molar-refractivity contribution is 6.07. The van der Waals surface area contributed by atoms with Gasteiger partial charge in [0, 0.05) is 69.9 Å². The summed E-state index contributed by atoms with van der Waals surface area (Å²) in [6, 6.07) is 17.7. The highest BCUT2D eigenvalue weighted by atomic mass is 16.5. The minimum atomic E-state index is -1.16. The van der Waals surface area contributed by atoms with Gasteiger partial charge in [0.25, 0.3) is 0 Å². The van der Waals surface area contributed by atoms with E-state index < -0.39 is 11.9 Å². The fourth-order valence-electron chi connectivity index (χ4n) is 9.52. The maximum Gasteiger partial charge on any atom is 0.336 e. The second kappa shape index (κ2) is 10.2. The van der Waals surface area contributed by atoms with E-state index in [1.807, 2.05) is 0 Å². The van der Waals surface area contributed by atoms with Crippen molar-refractivity contribution in [3.05, 3.63) is 110 Å². The molecule has 0 fully saturated rings. The van der Waals surface area contributed by atoms with Crippen molar-refractivity contribution < 1.29 is 24.5 Å². The summed E-state index contributed by atoms with van der Waals surface area (Å²) < 4.78 is 9.75. The van der Waals surface area contributed by atoms with E-state index >= 15 is 0 Å². The summed E-state index contributed by atoms with van der Waals surface area (Å²) in [5.41, 5.74) is 8.92. The average molecular weight is 636 g/mol. The van der Waals surface area contributed by atoms with Gasteiger partial charge in [0.05, 0.1) is 11.1 Å². The molecule has 5 heterocycles. The molecule has 5 aromatic carbocycles. The van der Waals surface area contributed by atoms with Gasteiger partial charge < -0.3 is 19.8 Å². The van der Waals surface area contributed by atoms with Crippen LogP contribution in [-0.4, -0.2) is 48.3 Å². The molecule has 2 N–H and O–H groups in total. The molecule has 7 heteroatoms. The molecule has 0 aliphatic carbocycles. The van der Waals surface area contributed by atoms with Gasteiger partial charge >= 0.3 is 11.9 Å². The number of nitrogens with zero attached hydrogens (tertiary/aromatic N) is 2. The Labute approximate surface area is 277 Å². The fourth-order valence-corrected chi connectivity index (χ4v) is 9.52. The van der Waals surface area contributed by atoms with Crippen LogP contribution in [0, 0.1) is 0 Å². The summed E-state index contributed by atoms with van der Waals surface area (Å²) in [6.07, 6.45) is 8.60. The number of carbonyl (C=O) groups is 2. The van der Waals surface area contributed by atoms with Gasteiger partial charge in [-0.2, -0.15) is 0 Å². The first-order valence-corrected chi connectivity index (χ1v) is 17.4. The zero-order valence-corrected chi connectivity index (χ0v) is 26.7. The van der Waals surface area contributed by atoms with Gasteiger partial charge in [-0.05, 0) is 102 Å². The van der Waals surface area contributed by atoms with E-state index in [4.69, 9.17) is 4.74 Å². The third-order valence-electron chi connectivity index (χ3n) is 11.5. The van der Waals surface area contributed by atoms with Crippen molar-refractivity contribution in [3.63, 3.8) is 0 Å². The largest absolute Gasteiger partial charge is 0.478 e. The molecule has 10 rings (SSSR count). The van der Waals surface area contributed by atoms with Crippen LogP contribution in [-0.2, 0) is 25.7 Å². The molecule has 0 atom stereocenters. The Morgan fingerprint density at radius 2 is 1.35 bits per heavy atom. The number of anilines is 1. The number of rotatable bonds is 3. The van der Waals surface area contributed by atoms with Crippen molar-refractivity contribution in [2.75, 3.05) is 31.1 Å². The van der Waals surface area contributed by atoms with Crippen molar-refractivity contribution in [2.45, 2.75) is 51.4 Å². The predicted molar refractivity (Wildman–Crippen MR) is 186 cm³/mol. The topological polar surface area (TPSA) is 90.1 Å². The predicted octanol–water partition coefficient (Wildman–Crippen LogP) is 5.82.